The number of amides is 1. The Balaban J connectivity index is 1.54. The van der Waals surface area contributed by atoms with Crippen molar-refractivity contribution in [2.24, 2.45) is 0 Å². The van der Waals surface area contributed by atoms with Gasteiger partial charge in [-0.3, -0.25) is 4.90 Å². The minimum Gasteiger partial charge on any atom is -0.450 e. The number of rotatable bonds is 7. The molecular weight excluding hydrogens is 388 g/mol. The molecule has 1 unspecified atom stereocenters. The van der Waals surface area contributed by atoms with Crippen molar-refractivity contribution < 1.29 is 14.6 Å². The van der Waals surface area contributed by atoms with Crippen molar-refractivity contribution in [3.63, 3.8) is 0 Å². The SMILES string of the molecule is CCOC(=O)N(CC)C(O)CCCC#CC#CCn1c2ccccc2c2ccccc21. The molecule has 0 aliphatic heterocycles. The lowest BCUT2D eigenvalue weighted by Crippen LogP contribution is -2.40. The summed E-state index contributed by atoms with van der Waals surface area (Å²) in [6.07, 6.45) is 0.405. The third-order valence-corrected chi connectivity index (χ3v) is 5.12. The first kappa shape index (κ1) is 22.3. The van der Waals surface area contributed by atoms with Gasteiger partial charge in [0, 0.05) is 34.8 Å². The highest BCUT2D eigenvalue weighted by Gasteiger charge is 2.20. The lowest BCUT2D eigenvalue weighted by Gasteiger charge is -2.25. The summed E-state index contributed by atoms with van der Waals surface area (Å²) in [4.78, 5) is 13.1. The summed E-state index contributed by atoms with van der Waals surface area (Å²) < 4.78 is 7.16. The zero-order valence-electron chi connectivity index (χ0n) is 18.1. The molecule has 0 aliphatic carbocycles. The lowest BCUT2D eigenvalue weighted by atomic mass is 10.2. The van der Waals surface area contributed by atoms with Gasteiger partial charge in [0.1, 0.15) is 6.23 Å². The number of hydrogen-bond donors (Lipinski definition) is 1. The van der Waals surface area contributed by atoms with E-state index in [2.05, 4.69) is 64.6 Å². The third-order valence-electron chi connectivity index (χ3n) is 5.12. The Morgan fingerprint density at radius 1 is 1.03 bits per heavy atom. The van der Waals surface area contributed by atoms with E-state index in [9.17, 15) is 9.90 Å². The summed E-state index contributed by atoms with van der Waals surface area (Å²) in [6.45, 7) is 4.83. The van der Waals surface area contributed by atoms with Crippen LogP contribution in [0.2, 0.25) is 0 Å². The van der Waals surface area contributed by atoms with E-state index in [0.717, 1.165) is 0 Å². The van der Waals surface area contributed by atoms with Crippen molar-refractivity contribution in [1.82, 2.24) is 9.47 Å². The maximum absolute atomic E-state index is 11.8. The minimum atomic E-state index is -0.854. The number of ether oxygens (including phenoxy) is 1. The fourth-order valence-electron chi connectivity index (χ4n) is 3.64. The van der Waals surface area contributed by atoms with Crippen molar-refractivity contribution in [2.45, 2.75) is 45.9 Å². The summed E-state index contributed by atoms with van der Waals surface area (Å²) in [5.41, 5.74) is 2.34. The standard InChI is InChI=1S/C26H28N2O3/c1-3-27(26(30)31-4-2)25(29)19-9-7-5-6-8-14-20-28-23-17-12-10-15-21(23)22-16-11-13-18-24(22)28/h10-13,15-18,25,29H,3-4,7,9,19-20H2,1-2H3. The van der Waals surface area contributed by atoms with Crippen molar-refractivity contribution in [1.29, 1.82) is 0 Å². The van der Waals surface area contributed by atoms with E-state index in [1.807, 2.05) is 19.1 Å². The number of nitrogens with zero attached hydrogens (tertiary/aromatic N) is 2. The highest BCUT2D eigenvalue weighted by molar-refractivity contribution is 6.08. The molecular formula is C26H28N2O3. The number of benzene rings is 2. The molecule has 1 atom stereocenters. The summed E-state index contributed by atoms with van der Waals surface area (Å²) >= 11 is 0. The van der Waals surface area contributed by atoms with Crippen LogP contribution in [0.4, 0.5) is 4.79 Å². The van der Waals surface area contributed by atoms with Crippen LogP contribution in [-0.4, -0.2) is 40.0 Å². The largest absolute Gasteiger partial charge is 0.450 e. The van der Waals surface area contributed by atoms with Gasteiger partial charge in [0.15, 0.2) is 0 Å². The topological polar surface area (TPSA) is 54.7 Å². The minimum absolute atomic E-state index is 0.292. The smallest absolute Gasteiger partial charge is 0.411 e. The summed E-state index contributed by atoms with van der Waals surface area (Å²) in [5.74, 6) is 12.0. The van der Waals surface area contributed by atoms with Crippen molar-refractivity contribution in [3.05, 3.63) is 48.5 Å². The van der Waals surface area contributed by atoms with Gasteiger partial charge >= 0.3 is 6.09 Å². The predicted octanol–water partition coefficient (Wildman–Crippen LogP) is 4.77. The Hall–Kier alpha value is -3.41. The summed E-state index contributed by atoms with van der Waals surface area (Å²) in [7, 11) is 0. The molecule has 0 saturated heterocycles. The lowest BCUT2D eigenvalue weighted by molar-refractivity contribution is -0.00185. The van der Waals surface area contributed by atoms with E-state index >= 15 is 0 Å². The normalized spacial score (nSPS) is 11.3. The molecule has 1 N–H and O–H groups in total. The number of aromatic nitrogens is 1. The monoisotopic (exact) mass is 416 g/mol. The van der Waals surface area contributed by atoms with E-state index in [4.69, 9.17) is 4.74 Å². The molecule has 1 amide bonds. The van der Waals surface area contributed by atoms with Crippen LogP contribution in [0.15, 0.2) is 48.5 Å². The quantitative estimate of drug-likeness (QED) is 0.343. The molecule has 1 aromatic heterocycles. The fourth-order valence-corrected chi connectivity index (χ4v) is 3.64. The van der Waals surface area contributed by atoms with E-state index in [-0.39, 0.29) is 0 Å². The van der Waals surface area contributed by atoms with Gasteiger partial charge in [-0.1, -0.05) is 48.2 Å². The van der Waals surface area contributed by atoms with Crippen LogP contribution in [0.3, 0.4) is 0 Å². The first-order chi connectivity index (χ1) is 15.2. The van der Waals surface area contributed by atoms with Gasteiger partial charge in [-0.15, -0.1) is 0 Å². The molecule has 2 aromatic carbocycles. The zero-order chi connectivity index (χ0) is 22.1. The molecule has 160 valence electrons. The molecule has 0 saturated carbocycles. The van der Waals surface area contributed by atoms with Crippen LogP contribution < -0.4 is 0 Å². The molecule has 0 spiro atoms. The van der Waals surface area contributed by atoms with Crippen molar-refractivity contribution in [2.75, 3.05) is 13.2 Å². The van der Waals surface area contributed by atoms with Gasteiger partial charge in [0.25, 0.3) is 0 Å². The van der Waals surface area contributed by atoms with E-state index in [0.29, 0.717) is 39.0 Å². The van der Waals surface area contributed by atoms with E-state index < -0.39 is 12.3 Å². The number of aliphatic hydroxyl groups is 1. The molecule has 0 aliphatic rings. The van der Waals surface area contributed by atoms with Crippen LogP contribution >= 0.6 is 0 Å². The molecule has 0 fully saturated rings. The van der Waals surface area contributed by atoms with Gasteiger partial charge in [-0.05, 0) is 50.7 Å². The number of aliphatic hydroxyl groups excluding tert-OH is 1. The summed E-state index contributed by atoms with van der Waals surface area (Å²) in [5, 5.41) is 12.6. The molecule has 3 rings (SSSR count). The van der Waals surface area contributed by atoms with E-state index in [1.54, 1.807) is 6.92 Å². The maximum Gasteiger partial charge on any atom is 0.411 e. The van der Waals surface area contributed by atoms with Crippen LogP contribution in [0, 0.1) is 23.7 Å². The first-order valence-electron chi connectivity index (χ1n) is 10.7. The fraction of sp³-hybridized carbons (Fsp3) is 0.346. The number of para-hydroxylation sites is 2. The van der Waals surface area contributed by atoms with Crippen LogP contribution in [0.1, 0.15) is 33.1 Å². The maximum atomic E-state index is 11.8. The Kier molecular flexibility index (Phi) is 7.98. The van der Waals surface area contributed by atoms with Gasteiger partial charge in [0.05, 0.1) is 13.2 Å². The summed E-state index contributed by atoms with van der Waals surface area (Å²) in [6, 6.07) is 16.7. The third kappa shape index (κ3) is 5.40. The van der Waals surface area contributed by atoms with Crippen LogP contribution in [0.25, 0.3) is 21.8 Å². The van der Waals surface area contributed by atoms with E-state index in [1.165, 1.54) is 26.7 Å². The predicted molar refractivity (Wildman–Crippen MR) is 124 cm³/mol. The number of carbonyl (C=O) groups is 1. The molecule has 31 heavy (non-hydrogen) atoms. The second-order valence-electron chi connectivity index (χ2n) is 7.08. The van der Waals surface area contributed by atoms with Gasteiger partial charge in [0.2, 0.25) is 0 Å². The van der Waals surface area contributed by atoms with Crippen molar-refractivity contribution in [3.8, 4) is 23.7 Å². The number of unbranched alkanes of at least 4 members (excludes halogenated alkanes) is 1. The molecule has 3 aromatic rings. The molecule has 1 heterocycles. The van der Waals surface area contributed by atoms with Gasteiger partial charge in [-0.2, -0.15) is 0 Å². The highest BCUT2D eigenvalue weighted by atomic mass is 16.6. The second kappa shape index (κ2) is 11.1. The average molecular weight is 417 g/mol. The second-order valence-corrected chi connectivity index (χ2v) is 7.08. The van der Waals surface area contributed by atoms with Crippen molar-refractivity contribution >= 4 is 27.9 Å². The Bertz CT molecular complexity index is 1100. The number of fused-ring (bicyclic) bond motifs is 3. The average Bonchev–Trinajstić information content (AvgIpc) is 3.10. The molecule has 0 radical (unpaired) electrons. The Morgan fingerprint density at radius 3 is 2.26 bits per heavy atom. The zero-order valence-corrected chi connectivity index (χ0v) is 18.1. The number of carbonyl (C=O) groups excluding carboxylic acids is 1. The highest BCUT2D eigenvalue weighted by Crippen LogP contribution is 2.28. The molecule has 5 nitrogen and oxygen atoms in total. The number of hydrogen-bond acceptors (Lipinski definition) is 3. The Morgan fingerprint density at radius 2 is 1.65 bits per heavy atom. The molecule has 5 heteroatoms. The van der Waals surface area contributed by atoms with Crippen LogP contribution in [-0.2, 0) is 11.3 Å². The van der Waals surface area contributed by atoms with Gasteiger partial charge in [-0.25, -0.2) is 4.79 Å². The first-order valence-corrected chi connectivity index (χ1v) is 10.7. The molecule has 0 bridgehead atoms. The van der Waals surface area contributed by atoms with Gasteiger partial charge < -0.3 is 14.4 Å². The van der Waals surface area contributed by atoms with Crippen LogP contribution in [0.5, 0.6) is 0 Å². The Labute approximate surface area is 183 Å².